The normalized spacial score (nSPS) is 12.5. The summed E-state index contributed by atoms with van der Waals surface area (Å²) < 4.78 is 0. The van der Waals surface area contributed by atoms with Gasteiger partial charge in [-0.2, -0.15) is 0 Å². The Balaban J connectivity index is 3.17. The summed E-state index contributed by atoms with van der Waals surface area (Å²) in [5, 5.41) is 0. The SMILES string of the molecule is CCCCCCCC/C=C/C[Si](C)(C)C. The molecule has 0 aliphatic heterocycles. The maximum Gasteiger partial charge on any atom is 0.0480 e. The molecule has 1 heteroatoms. The smallest absolute Gasteiger partial charge is 0.0480 e. The van der Waals surface area contributed by atoms with E-state index in [1.807, 2.05) is 0 Å². The van der Waals surface area contributed by atoms with Crippen LogP contribution in [-0.4, -0.2) is 8.07 Å². The van der Waals surface area contributed by atoms with E-state index in [1.165, 1.54) is 51.0 Å². The molecule has 0 unspecified atom stereocenters. The van der Waals surface area contributed by atoms with E-state index >= 15 is 0 Å². The van der Waals surface area contributed by atoms with Crippen LogP contribution in [0.3, 0.4) is 0 Å². The van der Waals surface area contributed by atoms with Crippen molar-refractivity contribution in [3.8, 4) is 0 Å². The second-order valence-electron chi connectivity index (χ2n) is 5.79. The fraction of sp³-hybridized carbons (Fsp3) is 0.857. The zero-order valence-corrected chi connectivity index (χ0v) is 12.3. The molecule has 0 aromatic carbocycles. The summed E-state index contributed by atoms with van der Waals surface area (Å²) in [6.45, 7) is 9.57. The van der Waals surface area contributed by atoms with E-state index in [4.69, 9.17) is 0 Å². The van der Waals surface area contributed by atoms with Crippen LogP contribution in [-0.2, 0) is 0 Å². The predicted octanol–water partition coefficient (Wildman–Crippen LogP) is 5.63. The maximum atomic E-state index is 2.43. The summed E-state index contributed by atoms with van der Waals surface area (Å²) in [4.78, 5) is 0. The second kappa shape index (κ2) is 9.20. The van der Waals surface area contributed by atoms with Gasteiger partial charge in [0.1, 0.15) is 0 Å². The third kappa shape index (κ3) is 14.0. The lowest BCUT2D eigenvalue weighted by Crippen LogP contribution is -2.17. The van der Waals surface area contributed by atoms with Crippen molar-refractivity contribution in [1.29, 1.82) is 0 Å². The van der Waals surface area contributed by atoms with Gasteiger partial charge in [0.05, 0.1) is 0 Å². The Labute approximate surface area is 98.2 Å². The van der Waals surface area contributed by atoms with Gasteiger partial charge in [0.15, 0.2) is 0 Å². The fourth-order valence-electron chi connectivity index (χ4n) is 1.60. The van der Waals surface area contributed by atoms with E-state index in [-0.39, 0.29) is 0 Å². The van der Waals surface area contributed by atoms with Crippen LogP contribution < -0.4 is 0 Å². The van der Waals surface area contributed by atoms with Gasteiger partial charge in [-0.05, 0) is 18.9 Å². The van der Waals surface area contributed by atoms with Crippen LogP contribution >= 0.6 is 0 Å². The third-order valence-electron chi connectivity index (χ3n) is 2.62. The maximum absolute atomic E-state index is 2.43. The van der Waals surface area contributed by atoms with Gasteiger partial charge < -0.3 is 0 Å². The molecule has 0 nitrogen and oxygen atoms in total. The molecule has 0 bridgehead atoms. The Morgan fingerprint density at radius 3 is 2.00 bits per heavy atom. The summed E-state index contributed by atoms with van der Waals surface area (Å²) in [7, 11) is -0.830. The van der Waals surface area contributed by atoms with Crippen LogP contribution in [0.15, 0.2) is 12.2 Å². The molecule has 0 atom stereocenters. The molecule has 0 fully saturated rings. The summed E-state index contributed by atoms with van der Waals surface area (Å²) in [6, 6.07) is 1.35. The average molecular weight is 226 g/mol. The molecule has 0 heterocycles. The highest BCUT2D eigenvalue weighted by atomic mass is 28.3. The molecule has 0 aliphatic rings. The first-order chi connectivity index (χ1) is 7.06. The van der Waals surface area contributed by atoms with Crippen LogP contribution in [0.5, 0.6) is 0 Å². The molecule has 0 N–H and O–H groups in total. The van der Waals surface area contributed by atoms with Gasteiger partial charge in [0, 0.05) is 8.07 Å². The molecule has 0 aromatic rings. The topological polar surface area (TPSA) is 0 Å². The van der Waals surface area contributed by atoms with E-state index in [9.17, 15) is 0 Å². The van der Waals surface area contributed by atoms with Crippen LogP contribution in [0.4, 0.5) is 0 Å². The van der Waals surface area contributed by atoms with E-state index in [1.54, 1.807) is 0 Å². The molecule has 0 saturated heterocycles. The number of allylic oxidation sites excluding steroid dienone is 2. The van der Waals surface area contributed by atoms with Crippen molar-refractivity contribution in [2.75, 3.05) is 0 Å². The first kappa shape index (κ1) is 15.0. The minimum Gasteiger partial charge on any atom is -0.0912 e. The molecule has 0 rings (SSSR count). The van der Waals surface area contributed by atoms with Crippen LogP contribution in [0.1, 0.15) is 51.9 Å². The minimum absolute atomic E-state index is 0.830. The van der Waals surface area contributed by atoms with Crippen molar-refractivity contribution >= 4 is 8.07 Å². The molecule has 15 heavy (non-hydrogen) atoms. The average Bonchev–Trinajstić information content (AvgIpc) is 2.14. The van der Waals surface area contributed by atoms with E-state index in [2.05, 4.69) is 38.7 Å². The Bertz CT molecular complexity index is 153. The summed E-state index contributed by atoms with van der Waals surface area (Å²) in [5.74, 6) is 0. The molecule has 0 radical (unpaired) electrons. The number of unbranched alkanes of at least 4 members (excludes halogenated alkanes) is 6. The quantitative estimate of drug-likeness (QED) is 0.271. The second-order valence-corrected chi connectivity index (χ2v) is 11.3. The lowest BCUT2D eigenvalue weighted by atomic mass is 10.1. The molecule has 0 spiro atoms. The summed E-state index contributed by atoms with van der Waals surface area (Å²) in [5.41, 5.74) is 0. The van der Waals surface area contributed by atoms with Gasteiger partial charge in [-0.3, -0.25) is 0 Å². The highest BCUT2D eigenvalue weighted by molar-refractivity contribution is 6.76. The number of hydrogen-bond donors (Lipinski definition) is 0. The van der Waals surface area contributed by atoms with Gasteiger partial charge in [-0.15, -0.1) is 0 Å². The lowest BCUT2D eigenvalue weighted by Gasteiger charge is -2.11. The van der Waals surface area contributed by atoms with Crippen molar-refractivity contribution in [3.05, 3.63) is 12.2 Å². The summed E-state index contributed by atoms with van der Waals surface area (Å²) >= 11 is 0. The predicted molar refractivity (Wildman–Crippen MR) is 75.3 cm³/mol. The van der Waals surface area contributed by atoms with Crippen LogP contribution in [0.25, 0.3) is 0 Å². The summed E-state index contributed by atoms with van der Waals surface area (Å²) in [6.07, 6.45) is 14.6. The Hall–Kier alpha value is -0.0431. The number of rotatable bonds is 9. The first-order valence-corrected chi connectivity index (χ1v) is 10.4. The number of hydrogen-bond acceptors (Lipinski definition) is 0. The zero-order valence-electron chi connectivity index (χ0n) is 11.3. The van der Waals surface area contributed by atoms with E-state index < -0.39 is 8.07 Å². The first-order valence-electron chi connectivity index (χ1n) is 6.71. The van der Waals surface area contributed by atoms with Crippen LogP contribution in [0, 0.1) is 0 Å². The van der Waals surface area contributed by atoms with Crippen molar-refractivity contribution in [3.63, 3.8) is 0 Å². The van der Waals surface area contributed by atoms with Crippen molar-refractivity contribution in [2.45, 2.75) is 77.6 Å². The molecule has 90 valence electrons. The molecule has 0 aromatic heterocycles. The Morgan fingerprint density at radius 1 is 0.800 bits per heavy atom. The monoisotopic (exact) mass is 226 g/mol. The standard InChI is InChI=1S/C14H30Si/c1-5-6-7-8-9-10-11-12-13-14-15(2,3)4/h12-13H,5-11,14H2,1-4H3/b13-12+. The van der Waals surface area contributed by atoms with Crippen molar-refractivity contribution in [1.82, 2.24) is 0 Å². The molecule has 0 amide bonds. The highest BCUT2D eigenvalue weighted by Crippen LogP contribution is 2.10. The largest absolute Gasteiger partial charge is 0.0912 e. The van der Waals surface area contributed by atoms with Gasteiger partial charge in [-0.25, -0.2) is 0 Å². The Kier molecular flexibility index (Phi) is 9.18. The molecular formula is C14H30Si. The van der Waals surface area contributed by atoms with Gasteiger partial charge in [0.25, 0.3) is 0 Å². The van der Waals surface area contributed by atoms with Gasteiger partial charge >= 0.3 is 0 Å². The minimum atomic E-state index is -0.830. The zero-order chi connectivity index (χ0) is 11.6. The van der Waals surface area contributed by atoms with Gasteiger partial charge in [0.2, 0.25) is 0 Å². The fourth-order valence-corrected chi connectivity index (χ4v) is 2.47. The third-order valence-corrected chi connectivity index (χ3v) is 4.08. The van der Waals surface area contributed by atoms with Crippen LogP contribution in [0.2, 0.25) is 25.7 Å². The molecule has 0 aliphatic carbocycles. The highest BCUT2D eigenvalue weighted by Gasteiger charge is 2.08. The Morgan fingerprint density at radius 2 is 1.40 bits per heavy atom. The van der Waals surface area contributed by atoms with E-state index in [0.717, 1.165) is 0 Å². The molecular weight excluding hydrogens is 196 g/mol. The molecule has 0 saturated carbocycles. The lowest BCUT2D eigenvalue weighted by molar-refractivity contribution is 0.611. The van der Waals surface area contributed by atoms with Crippen molar-refractivity contribution < 1.29 is 0 Å². The van der Waals surface area contributed by atoms with Gasteiger partial charge in [-0.1, -0.05) is 70.8 Å². The van der Waals surface area contributed by atoms with E-state index in [0.29, 0.717) is 0 Å². The van der Waals surface area contributed by atoms with Crippen molar-refractivity contribution in [2.24, 2.45) is 0 Å².